The Bertz CT molecular complexity index is 455. The Morgan fingerprint density at radius 3 is 2.43 bits per heavy atom. The number of rotatable bonds is 5. The van der Waals surface area contributed by atoms with Crippen molar-refractivity contribution in [3.05, 3.63) is 29.8 Å². The molecule has 0 radical (unpaired) electrons. The summed E-state index contributed by atoms with van der Waals surface area (Å²) in [5.74, 6) is 4.06. The van der Waals surface area contributed by atoms with E-state index in [4.69, 9.17) is 10.6 Å². The zero-order valence-electron chi connectivity index (χ0n) is 12.6. The van der Waals surface area contributed by atoms with Crippen LogP contribution in [0.1, 0.15) is 51.1 Å². The average molecular weight is 298 g/mol. The normalized spacial score (nSPS) is 20.5. The van der Waals surface area contributed by atoms with E-state index in [0.717, 1.165) is 11.3 Å². The monoisotopic (exact) mass is 298 g/mol. The molecule has 1 saturated carbocycles. The number of hydrazine groups is 1. The van der Waals surface area contributed by atoms with E-state index >= 15 is 0 Å². The second kappa shape index (κ2) is 6.71. The van der Waals surface area contributed by atoms with Crippen molar-refractivity contribution in [2.45, 2.75) is 57.6 Å². The van der Waals surface area contributed by atoms with Crippen LogP contribution in [0.25, 0.3) is 0 Å². The Kier molecular flexibility index (Phi) is 5.17. The molecule has 0 amide bonds. The topological polar surface area (TPSA) is 47.3 Å². The van der Waals surface area contributed by atoms with Gasteiger partial charge >= 0.3 is 0 Å². The zero-order valence-corrected chi connectivity index (χ0v) is 12.6. The number of hydrogen-bond donors (Lipinski definition) is 2. The molecule has 1 unspecified atom stereocenters. The fourth-order valence-electron chi connectivity index (χ4n) is 2.97. The van der Waals surface area contributed by atoms with Crippen molar-refractivity contribution >= 4 is 0 Å². The molecule has 1 aliphatic carbocycles. The molecule has 21 heavy (non-hydrogen) atoms. The number of ether oxygens (including phenoxy) is 1. The van der Waals surface area contributed by atoms with Gasteiger partial charge in [-0.15, -0.1) is 0 Å². The molecular formula is C16H24F2N2O. The van der Waals surface area contributed by atoms with E-state index in [1.807, 2.05) is 38.1 Å². The van der Waals surface area contributed by atoms with Crippen LogP contribution in [-0.4, -0.2) is 12.0 Å². The fraction of sp³-hybridized carbons (Fsp3) is 0.625. The molecule has 5 heteroatoms. The third-order valence-electron chi connectivity index (χ3n) is 4.03. The van der Waals surface area contributed by atoms with Crippen molar-refractivity contribution in [3.8, 4) is 5.75 Å². The molecule has 0 bridgehead atoms. The third-order valence-corrected chi connectivity index (χ3v) is 4.03. The third kappa shape index (κ3) is 4.14. The highest BCUT2D eigenvalue weighted by molar-refractivity contribution is 5.36. The second-order valence-corrected chi connectivity index (χ2v) is 6.04. The van der Waals surface area contributed by atoms with Gasteiger partial charge in [0.05, 0.1) is 12.1 Å². The molecule has 2 rings (SSSR count). The van der Waals surface area contributed by atoms with Gasteiger partial charge in [-0.2, -0.15) is 0 Å². The summed E-state index contributed by atoms with van der Waals surface area (Å²) in [6.45, 7) is 3.92. The molecule has 118 valence electrons. The summed E-state index contributed by atoms with van der Waals surface area (Å²) in [7, 11) is 0. The van der Waals surface area contributed by atoms with Crippen LogP contribution in [0.15, 0.2) is 24.3 Å². The highest BCUT2D eigenvalue weighted by Crippen LogP contribution is 2.42. The van der Waals surface area contributed by atoms with E-state index in [1.165, 1.54) is 0 Å². The molecule has 0 aromatic heterocycles. The lowest BCUT2D eigenvalue weighted by molar-refractivity contribution is -0.0498. The van der Waals surface area contributed by atoms with Crippen molar-refractivity contribution < 1.29 is 13.5 Å². The van der Waals surface area contributed by atoms with E-state index in [-0.39, 0.29) is 30.9 Å². The molecule has 0 spiro atoms. The first kappa shape index (κ1) is 16.2. The van der Waals surface area contributed by atoms with Gasteiger partial charge in [-0.05, 0) is 38.7 Å². The first-order valence-corrected chi connectivity index (χ1v) is 7.52. The van der Waals surface area contributed by atoms with Gasteiger partial charge in [0, 0.05) is 18.4 Å². The van der Waals surface area contributed by atoms with Crippen molar-refractivity contribution in [1.29, 1.82) is 0 Å². The Morgan fingerprint density at radius 1 is 1.24 bits per heavy atom. The number of alkyl halides is 2. The lowest BCUT2D eigenvalue weighted by Crippen LogP contribution is -2.37. The van der Waals surface area contributed by atoms with Crippen LogP contribution < -0.4 is 16.0 Å². The number of hydrogen-bond acceptors (Lipinski definition) is 3. The van der Waals surface area contributed by atoms with Gasteiger partial charge in [-0.25, -0.2) is 8.78 Å². The highest BCUT2D eigenvalue weighted by Gasteiger charge is 2.38. The van der Waals surface area contributed by atoms with Gasteiger partial charge in [0.15, 0.2) is 0 Å². The van der Waals surface area contributed by atoms with Gasteiger partial charge in [-0.1, -0.05) is 18.2 Å². The molecule has 0 aliphatic heterocycles. The Balaban J connectivity index is 2.18. The van der Waals surface area contributed by atoms with Crippen LogP contribution in [0.3, 0.4) is 0 Å². The lowest BCUT2D eigenvalue weighted by atomic mass is 9.79. The van der Waals surface area contributed by atoms with E-state index in [1.54, 1.807) is 0 Å². The molecule has 0 saturated heterocycles. The van der Waals surface area contributed by atoms with E-state index in [2.05, 4.69) is 5.43 Å². The summed E-state index contributed by atoms with van der Waals surface area (Å²) in [6.07, 6.45) is 0.863. The Morgan fingerprint density at radius 2 is 1.86 bits per heavy atom. The number of nitrogens with one attached hydrogen (secondary N) is 1. The van der Waals surface area contributed by atoms with Gasteiger partial charge in [0.25, 0.3) is 0 Å². The van der Waals surface area contributed by atoms with Crippen LogP contribution >= 0.6 is 0 Å². The van der Waals surface area contributed by atoms with Crippen LogP contribution in [0.2, 0.25) is 0 Å². The van der Waals surface area contributed by atoms with Gasteiger partial charge in [0.1, 0.15) is 5.75 Å². The van der Waals surface area contributed by atoms with Crippen LogP contribution in [0.5, 0.6) is 5.75 Å². The maximum atomic E-state index is 13.3. The summed E-state index contributed by atoms with van der Waals surface area (Å²) < 4.78 is 32.5. The number of benzene rings is 1. The molecule has 3 nitrogen and oxygen atoms in total. The minimum atomic E-state index is -2.52. The van der Waals surface area contributed by atoms with Crippen molar-refractivity contribution in [2.24, 2.45) is 11.8 Å². The lowest BCUT2D eigenvalue weighted by Gasteiger charge is -2.34. The maximum absolute atomic E-state index is 13.3. The minimum Gasteiger partial charge on any atom is -0.491 e. The van der Waals surface area contributed by atoms with Crippen molar-refractivity contribution in [1.82, 2.24) is 5.43 Å². The van der Waals surface area contributed by atoms with Crippen molar-refractivity contribution in [3.63, 3.8) is 0 Å². The summed E-state index contributed by atoms with van der Waals surface area (Å²) in [5, 5.41) is 0. The van der Waals surface area contributed by atoms with Gasteiger partial charge < -0.3 is 4.74 Å². The summed E-state index contributed by atoms with van der Waals surface area (Å²) in [5.41, 5.74) is 3.75. The van der Waals surface area contributed by atoms with E-state index < -0.39 is 5.92 Å². The molecule has 0 heterocycles. The predicted molar refractivity (Wildman–Crippen MR) is 79.2 cm³/mol. The standard InChI is InChI=1S/C16H24F2N2O/c1-11(2)21-14-6-4-3-5-13(14)15(20-19)12-7-9-16(17,18)10-8-12/h3-6,11-12,15,20H,7-10,19H2,1-2H3. The van der Waals surface area contributed by atoms with E-state index in [9.17, 15) is 8.78 Å². The largest absolute Gasteiger partial charge is 0.491 e. The zero-order chi connectivity index (χ0) is 15.5. The molecule has 1 atom stereocenters. The fourth-order valence-corrected chi connectivity index (χ4v) is 2.97. The number of halogens is 2. The molecule has 1 fully saturated rings. The summed E-state index contributed by atoms with van der Waals surface area (Å²) >= 11 is 0. The summed E-state index contributed by atoms with van der Waals surface area (Å²) in [6, 6.07) is 7.52. The number of nitrogens with two attached hydrogens (primary N) is 1. The predicted octanol–water partition coefficient (Wildman–Crippen LogP) is 3.80. The second-order valence-electron chi connectivity index (χ2n) is 6.04. The summed E-state index contributed by atoms with van der Waals surface area (Å²) in [4.78, 5) is 0. The van der Waals surface area contributed by atoms with Crippen LogP contribution in [0, 0.1) is 5.92 Å². The van der Waals surface area contributed by atoms with Crippen LogP contribution in [-0.2, 0) is 0 Å². The van der Waals surface area contributed by atoms with Gasteiger partial charge in [-0.3, -0.25) is 11.3 Å². The Labute approximate surface area is 124 Å². The number of para-hydroxylation sites is 1. The van der Waals surface area contributed by atoms with Gasteiger partial charge in [0.2, 0.25) is 5.92 Å². The highest BCUT2D eigenvalue weighted by atomic mass is 19.3. The van der Waals surface area contributed by atoms with E-state index in [0.29, 0.717) is 12.8 Å². The first-order chi connectivity index (χ1) is 9.93. The smallest absolute Gasteiger partial charge is 0.248 e. The van der Waals surface area contributed by atoms with Crippen LogP contribution in [0.4, 0.5) is 8.78 Å². The first-order valence-electron chi connectivity index (χ1n) is 7.52. The molecule has 3 N–H and O–H groups in total. The Hall–Kier alpha value is -1.20. The maximum Gasteiger partial charge on any atom is 0.248 e. The molecule has 1 aliphatic rings. The molecule has 1 aromatic rings. The molecule has 1 aromatic carbocycles. The molecular weight excluding hydrogens is 274 g/mol. The SMILES string of the molecule is CC(C)Oc1ccccc1C(NN)C1CCC(F)(F)CC1. The van der Waals surface area contributed by atoms with Crippen molar-refractivity contribution in [2.75, 3.05) is 0 Å². The quantitative estimate of drug-likeness (QED) is 0.642. The minimum absolute atomic E-state index is 0.0558. The average Bonchev–Trinajstić information content (AvgIpc) is 2.42.